The second-order valence-electron chi connectivity index (χ2n) is 28.6. The first kappa shape index (κ1) is 99.2. The van der Waals surface area contributed by atoms with Gasteiger partial charge in [0, 0.05) is 141 Å². The Hall–Kier alpha value is -13.6. The first-order chi connectivity index (χ1) is 61.6. The Morgan fingerprint density at radius 3 is 0.853 bits per heavy atom. The molecule has 20 aromatic rings. The van der Waals surface area contributed by atoms with Gasteiger partial charge in [-0.05, 0) is 149 Å². The predicted octanol–water partition coefficient (Wildman–Crippen LogP) is 28.6. The summed E-state index contributed by atoms with van der Waals surface area (Å²) in [6, 6.07) is 162. The van der Waals surface area contributed by atoms with Gasteiger partial charge in [-0.1, -0.05) is 211 Å². The number of hydrogen-bond acceptors (Lipinski definition) is 8. The first-order valence-electron chi connectivity index (χ1n) is 41.1. The molecule has 0 saturated carbocycles. The fourth-order valence-electron chi connectivity index (χ4n) is 13.1. The Bertz CT molecular complexity index is 6090. The topological polar surface area (TPSA) is 103 Å². The van der Waals surface area contributed by atoms with Crippen molar-refractivity contribution in [2.45, 2.75) is 34.6 Å². The van der Waals surface area contributed by atoms with Crippen LogP contribution in [0.15, 0.2) is 456 Å². The third kappa shape index (κ3) is 31.2. The molecule has 8 heterocycles. The zero-order valence-corrected chi connectivity index (χ0v) is 81.3. The average molecular weight is 2380 g/mol. The van der Waals surface area contributed by atoms with E-state index in [4.69, 9.17) is 0 Å². The quantitative estimate of drug-likeness (QED) is 0.111. The number of nitrogens with zero attached hydrogens (tertiary/aromatic N) is 8. The molecule has 642 valence electrons. The van der Waals surface area contributed by atoms with E-state index in [1.807, 2.05) is 347 Å². The van der Waals surface area contributed by atoms with E-state index in [1.54, 1.807) is 18.6 Å². The Labute approximate surface area is 814 Å². The second-order valence-corrected chi connectivity index (χ2v) is 28.6. The van der Waals surface area contributed by atoms with Gasteiger partial charge in [-0.25, -0.2) is 0 Å². The molecule has 8 nitrogen and oxygen atoms in total. The zero-order chi connectivity index (χ0) is 86.1. The molecule has 0 aliphatic rings. The number of pyridine rings is 8. The SMILES string of the molecule is Cc1cc(-c2[c-]cccc2)ncc1-c1ccccc1.Cc1cc(-c2[c-]cccc2)ncc1-c1ccccc1.Cc1cccc(-c2[c-]cccc2)n1.Cc1ccccc1-c1ccc(-c2[c-]cccc2)nc1.Cc1ccnc(-c2[c-]cc(-c3ccccc3)cc2)c1.[Ir].[Ir].[Ir].[Ir].[c-]1ccccc1-c1ccccn1.[c-]1ccccc1-c1ccccn1.[c-]1ccccc1-c1ccccn1. The van der Waals surface area contributed by atoms with Gasteiger partial charge in [0.2, 0.25) is 0 Å². The molecule has 0 amide bonds. The Morgan fingerprint density at radius 2 is 0.512 bits per heavy atom. The molecule has 0 N–H and O–H groups in total. The van der Waals surface area contributed by atoms with Crippen molar-refractivity contribution in [2.75, 3.05) is 0 Å². The van der Waals surface area contributed by atoms with E-state index in [0.29, 0.717) is 0 Å². The maximum atomic E-state index is 4.55. The molecule has 129 heavy (non-hydrogen) atoms. The van der Waals surface area contributed by atoms with Crippen molar-refractivity contribution in [1.29, 1.82) is 0 Å². The van der Waals surface area contributed by atoms with Gasteiger partial charge in [0.15, 0.2) is 0 Å². The molecule has 0 atom stereocenters. The smallest absolute Gasteiger partial charge is 0.0266 e. The van der Waals surface area contributed by atoms with Gasteiger partial charge in [-0.3, -0.25) is 0 Å². The number of benzene rings is 12. The van der Waals surface area contributed by atoms with Crippen molar-refractivity contribution in [3.63, 3.8) is 0 Å². The van der Waals surface area contributed by atoms with Crippen molar-refractivity contribution in [1.82, 2.24) is 39.9 Å². The minimum Gasteiger partial charge on any atom is -0.305 e. The maximum absolute atomic E-state index is 4.55. The standard InChI is InChI=1S/4C18H14N.C12H10N.3C11H8N.4Ir/c2*1-14-12-18(16-10-6-3-7-11-16)19-13-17(14)15-8-4-2-5-9-15;1-14-7-5-6-10-17(14)16-11-12-18(19-13-16)15-8-3-2-4-9-15;1-14-11-12-19-18(13-14)17-9-7-16(8-10-17)15-5-3-2-4-6-15;1-10-6-5-9-12(13-10)11-7-3-2-4-8-11;3*1-2-6-10(7-3-1)11-8-4-5-9-12-11;;;;/h2*2-10,12-13H,1H3;2-8,10-13H,1H3;2-9,11-13H,1H3;2-7,9H,1H3;3*1-6,8-9H;;;;/q8*-1;;;;. The summed E-state index contributed by atoms with van der Waals surface area (Å²) in [4.78, 5) is 35.1. The molecule has 0 spiro atoms. The summed E-state index contributed by atoms with van der Waals surface area (Å²) in [5, 5.41) is 0. The van der Waals surface area contributed by atoms with Gasteiger partial charge < -0.3 is 39.9 Å². The third-order valence-corrected chi connectivity index (χ3v) is 19.5. The van der Waals surface area contributed by atoms with E-state index in [1.165, 1.54) is 61.2 Å². The van der Waals surface area contributed by atoms with Crippen LogP contribution in [-0.2, 0) is 80.4 Å². The molecule has 0 fully saturated rings. The molecule has 0 unspecified atom stereocenters. The van der Waals surface area contributed by atoms with Crippen LogP contribution in [0.3, 0.4) is 0 Å². The normalized spacial score (nSPS) is 9.81. The number of aromatic nitrogens is 8. The fourth-order valence-corrected chi connectivity index (χ4v) is 13.1. The minimum atomic E-state index is 0. The Balaban J connectivity index is 0.000000167. The van der Waals surface area contributed by atoms with Gasteiger partial charge in [0.05, 0.1) is 0 Å². The van der Waals surface area contributed by atoms with Gasteiger partial charge >= 0.3 is 0 Å². The molecule has 8 aromatic heterocycles. The predicted molar refractivity (Wildman–Crippen MR) is 514 cm³/mol. The number of rotatable bonds is 12. The van der Waals surface area contributed by atoms with Gasteiger partial charge in [-0.2, -0.15) is 0 Å². The molecule has 0 aliphatic carbocycles. The van der Waals surface area contributed by atoms with E-state index in [2.05, 4.69) is 213 Å². The molecule has 12 heteroatoms. The molecule has 20 rings (SSSR count). The summed E-state index contributed by atoms with van der Waals surface area (Å²) < 4.78 is 0. The minimum absolute atomic E-state index is 0. The van der Waals surface area contributed by atoms with Crippen molar-refractivity contribution in [2.24, 2.45) is 0 Å². The van der Waals surface area contributed by atoms with Gasteiger partial charge in [0.25, 0.3) is 0 Å². The summed E-state index contributed by atoms with van der Waals surface area (Å²) >= 11 is 0. The van der Waals surface area contributed by atoms with Crippen LogP contribution in [0.2, 0.25) is 0 Å². The van der Waals surface area contributed by atoms with Crippen LogP contribution in [0.25, 0.3) is 135 Å². The molecule has 0 saturated heterocycles. The number of hydrogen-bond donors (Lipinski definition) is 0. The molecular formula is C117H90Ir4N8-8. The molecule has 0 bridgehead atoms. The van der Waals surface area contributed by atoms with E-state index >= 15 is 0 Å². The summed E-state index contributed by atoms with van der Waals surface area (Å²) in [5.74, 6) is 0. The first-order valence-corrected chi connectivity index (χ1v) is 41.1. The Kier molecular flexibility index (Phi) is 41.9. The van der Waals surface area contributed by atoms with Crippen LogP contribution < -0.4 is 0 Å². The third-order valence-electron chi connectivity index (χ3n) is 19.5. The van der Waals surface area contributed by atoms with E-state index in [9.17, 15) is 0 Å². The van der Waals surface area contributed by atoms with Crippen molar-refractivity contribution in [3.05, 3.63) is 532 Å². The Morgan fingerprint density at radius 1 is 0.186 bits per heavy atom. The van der Waals surface area contributed by atoms with Crippen LogP contribution in [-0.4, -0.2) is 39.9 Å². The summed E-state index contributed by atoms with van der Waals surface area (Å²) in [7, 11) is 0. The van der Waals surface area contributed by atoms with E-state index in [-0.39, 0.29) is 80.4 Å². The molecule has 12 aromatic carbocycles. The zero-order valence-electron chi connectivity index (χ0n) is 71.7. The van der Waals surface area contributed by atoms with E-state index < -0.39 is 0 Å². The monoisotopic (exact) mass is 2380 g/mol. The molecule has 4 radical (unpaired) electrons. The largest absolute Gasteiger partial charge is 0.305 e. The van der Waals surface area contributed by atoms with Crippen molar-refractivity contribution in [3.8, 4) is 135 Å². The van der Waals surface area contributed by atoms with Crippen molar-refractivity contribution < 1.29 is 80.4 Å². The van der Waals surface area contributed by atoms with E-state index in [0.717, 1.165) is 101 Å². The summed E-state index contributed by atoms with van der Waals surface area (Å²) in [5.41, 5.74) is 31.6. The molecule has 0 aliphatic heterocycles. The average Bonchev–Trinajstić information content (AvgIpc) is 0.834. The number of aryl methyl sites for hydroxylation is 5. The van der Waals surface area contributed by atoms with Crippen LogP contribution >= 0.6 is 0 Å². The summed E-state index contributed by atoms with van der Waals surface area (Å²) in [6.07, 6.45) is 13.0. The summed E-state index contributed by atoms with van der Waals surface area (Å²) in [6.45, 7) is 10.4. The maximum Gasteiger partial charge on any atom is 0.0266 e. The second kappa shape index (κ2) is 54.5. The fraction of sp³-hybridized carbons (Fsp3) is 0.0427. The van der Waals surface area contributed by atoms with Crippen LogP contribution in [0.4, 0.5) is 0 Å². The van der Waals surface area contributed by atoms with Gasteiger partial charge in [-0.15, -0.1) is 281 Å². The van der Waals surface area contributed by atoms with Crippen molar-refractivity contribution >= 4 is 0 Å². The molecular weight excluding hydrogens is 2290 g/mol. The van der Waals surface area contributed by atoms with Gasteiger partial charge in [0.1, 0.15) is 0 Å². The van der Waals surface area contributed by atoms with Crippen LogP contribution in [0.5, 0.6) is 0 Å². The van der Waals surface area contributed by atoms with Crippen LogP contribution in [0.1, 0.15) is 27.9 Å². The van der Waals surface area contributed by atoms with Crippen LogP contribution in [0, 0.1) is 83.1 Å².